The number of ether oxygens (including phenoxy) is 1. The van der Waals surface area contributed by atoms with Gasteiger partial charge in [0.05, 0.1) is 24.4 Å². The van der Waals surface area contributed by atoms with Crippen molar-refractivity contribution in [2.75, 3.05) is 24.5 Å². The summed E-state index contributed by atoms with van der Waals surface area (Å²) in [6, 6.07) is 12.0. The van der Waals surface area contributed by atoms with Gasteiger partial charge >= 0.3 is 0 Å². The number of piperidine rings is 1. The molecule has 1 saturated heterocycles. The molecule has 0 saturated carbocycles. The molecule has 0 radical (unpaired) electrons. The summed E-state index contributed by atoms with van der Waals surface area (Å²) in [5, 5.41) is 3.12. The average Bonchev–Trinajstić information content (AvgIpc) is 3.27. The monoisotopic (exact) mass is 415 g/mol. The Balaban J connectivity index is 1.19. The number of pyridine rings is 1. The molecule has 3 aromatic rings. The number of nitrogens with one attached hydrogen (secondary N) is 1. The predicted molar refractivity (Wildman–Crippen MR) is 118 cm³/mol. The van der Waals surface area contributed by atoms with Crippen molar-refractivity contribution in [2.45, 2.75) is 25.4 Å². The van der Waals surface area contributed by atoms with E-state index in [1.54, 1.807) is 24.8 Å². The molecule has 2 aliphatic heterocycles. The van der Waals surface area contributed by atoms with Gasteiger partial charge in [-0.1, -0.05) is 18.2 Å². The normalized spacial score (nSPS) is 20.1. The Hall–Kier alpha value is -3.48. The van der Waals surface area contributed by atoms with Crippen LogP contribution < -0.4 is 15.0 Å². The summed E-state index contributed by atoms with van der Waals surface area (Å²) >= 11 is 0. The topological polar surface area (TPSA) is 80.2 Å². The molecule has 158 valence electrons. The standard InChI is InChI=1S/C24H25N5O2/c30-24(18-6-4-12-29(16-18)22-8-1-2-9-27-22)28-14-19-13-17-5-3-7-20(23(17)31-19)21-15-25-10-11-26-21/h1-3,5,7-11,15,18-19H,4,6,12-14,16H2,(H,28,30)/t18-,19+/m0/s1. The fraction of sp³-hybridized carbons (Fsp3) is 0.333. The molecule has 1 N–H and O–H groups in total. The molecule has 1 amide bonds. The zero-order chi connectivity index (χ0) is 21.0. The zero-order valence-corrected chi connectivity index (χ0v) is 17.3. The van der Waals surface area contributed by atoms with E-state index in [2.05, 4.69) is 31.2 Å². The number of para-hydroxylation sites is 1. The predicted octanol–water partition coefficient (Wildman–Crippen LogP) is 2.87. The maximum Gasteiger partial charge on any atom is 0.225 e. The molecule has 2 aromatic heterocycles. The Morgan fingerprint density at radius 1 is 1.13 bits per heavy atom. The first-order chi connectivity index (χ1) is 15.3. The summed E-state index contributed by atoms with van der Waals surface area (Å²) in [5.74, 6) is 1.84. The lowest BCUT2D eigenvalue weighted by atomic mass is 9.97. The van der Waals surface area contributed by atoms with Crippen molar-refractivity contribution in [3.8, 4) is 17.0 Å². The Morgan fingerprint density at radius 2 is 2.10 bits per heavy atom. The number of hydrogen-bond donors (Lipinski definition) is 1. The van der Waals surface area contributed by atoms with Crippen LogP contribution in [-0.2, 0) is 11.2 Å². The number of aromatic nitrogens is 3. The number of anilines is 1. The lowest BCUT2D eigenvalue weighted by molar-refractivity contribution is -0.125. The Morgan fingerprint density at radius 3 is 2.94 bits per heavy atom. The number of fused-ring (bicyclic) bond motifs is 1. The minimum atomic E-state index is -0.0766. The molecule has 0 aliphatic carbocycles. The number of rotatable bonds is 5. The van der Waals surface area contributed by atoms with E-state index in [-0.39, 0.29) is 17.9 Å². The van der Waals surface area contributed by atoms with E-state index < -0.39 is 0 Å². The third kappa shape index (κ3) is 4.21. The van der Waals surface area contributed by atoms with Crippen LogP contribution in [0.5, 0.6) is 5.75 Å². The van der Waals surface area contributed by atoms with Crippen molar-refractivity contribution in [2.24, 2.45) is 5.92 Å². The van der Waals surface area contributed by atoms with Crippen molar-refractivity contribution in [3.63, 3.8) is 0 Å². The Bertz CT molecular complexity index is 1040. The van der Waals surface area contributed by atoms with Gasteiger partial charge in [-0.3, -0.25) is 14.8 Å². The van der Waals surface area contributed by atoms with Gasteiger partial charge in [0.2, 0.25) is 5.91 Å². The summed E-state index contributed by atoms with van der Waals surface area (Å²) in [7, 11) is 0. The fourth-order valence-electron chi connectivity index (χ4n) is 4.39. The molecule has 0 spiro atoms. The van der Waals surface area contributed by atoms with E-state index in [1.165, 1.54) is 0 Å². The van der Waals surface area contributed by atoms with Crippen LogP contribution in [-0.4, -0.2) is 46.6 Å². The molecular weight excluding hydrogens is 390 g/mol. The Kier molecular flexibility index (Phi) is 5.48. The highest BCUT2D eigenvalue weighted by atomic mass is 16.5. The highest BCUT2D eigenvalue weighted by Gasteiger charge is 2.29. The molecule has 2 atom stereocenters. The van der Waals surface area contributed by atoms with Crippen LogP contribution in [0, 0.1) is 5.92 Å². The summed E-state index contributed by atoms with van der Waals surface area (Å²) in [5.41, 5.74) is 2.87. The van der Waals surface area contributed by atoms with Gasteiger partial charge in [0.1, 0.15) is 17.7 Å². The van der Waals surface area contributed by atoms with Crippen LogP contribution in [0.15, 0.2) is 61.2 Å². The molecule has 1 fully saturated rings. The average molecular weight is 415 g/mol. The molecule has 7 nitrogen and oxygen atoms in total. The van der Waals surface area contributed by atoms with Crippen LogP contribution in [0.4, 0.5) is 5.82 Å². The number of benzene rings is 1. The van der Waals surface area contributed by atoms with Gasteiger partial charge in [0.25, 0.3) is 0 Å². The van der Waals surface area contributed by atoms with Crippen LogP contribution in [0.1, 0.15) is 18.4 Å². The van der Waals surface area contributed by atoms with Crippen LogP contribution in [0.2, 0.25) is 0 Å². The summed E-state index contributed by atoms with van der Waals surface area (Å²) in [6.45, 7) is 2.13. The van der Waals surface area contributed by atoms with Gasteiger partial charge in [-0.2, -0.15) is 0 Å². The van der Waals surface area contributed by atoms with E-state index in [9.17, 15) is 4.79 Å². The van der Waals surface area contributed by atoms with Crippen molar-refractivity contribution < 1.29 is 9.53 Å². The highest BCUT2D eigenvalue weighted by Crippen LogP contribution is 2.37. The second kappa shape index (κ2) is 8.71. The SMILES string of the molecule is O=C(NC[C@H]1Cc2cccc(-c3cnccn3)c2O1)[C@H]1CCCN(c2ccccn2)C1. The molecule has 5 rings (SSSR count). The van der Waals surface area contributed by atoms with Crippen molar-refractivity contribution in [1.29, 1.82) is 0 Å². The second-order valence-electron chi connectivity index (χ2n) is 8.05. The third-order valence-corrected chi connectivity index (χ3v) is 5.94. The Labute approximate surface area is 181 Å². The number of nitrogens with zero attached hydrogens (tertiary/aromatic N) is 4. The van der Waals surface area contributed by atoms with Crippen molar-refractivity contribution in [3.05, 3.63) is 66.7 Å². The number of hydrogen-bond acceptors (Lipinski definition) is 6. The molecule has 2 aliphatic rings. The molecule has 31 heavy (non-hydrogen) atoms. The number of carbonyl (C=O) groups is 1. The lowest BCUT2D eigenvalue weighted by Gasteiger charge is -2.33. The second-order valence-corrected chi connectivity index (χ2v) is 8.05. The molecular formula is C24H25N5O2. The highest BCUT2D eigenvalue weighted by molar-refractivity contribution is 5.79. The van der Waals surface area contributed by atoms with Crippen molar-refractivity contribution in [1.82, 2.24) is 20.3 Å². The first-order valence-corrected chi connectivity index (χ1v) is 10.8. The summed E-state index contributed by atoms with van der Waals surface area (Å²) in [6.07, 6.45) is 9.46. The van der Waals surface area contributed by atoms with Crippen LogP contribution in [0.25, 0.3) is 11.3 Å². The number of carbonyl (C=O) groups excluding carboxylic acids is 1. The minimum Gasteiger partial charge on any atom is -0.487 e. The van der Waals surface area contributed by atoms with E-state index in [0.29, 0.717) is 13.1 Å². The van der Waals surface area contributed by atoms with Gasteiger partial charge < -0.3 is 15.0 Å². The van der Waals surface area contributed by atoms with Crippen LogP contribution in [0.3, 0.4) is 0 Å². The molecule has 0 unspecified atom stereocenters. The van der Waals surface area contributed by atoms with E-state index in [4.69, 9.17) is 4.74 Å². The van der Waals surface area contributed by atoms with Crippen molar-refractivity contribution >= 4 is 11.7 Å². The molecule has 1 aromatic carbocycles. The molecule has 4 heterocycles. The summed E-state index contributed by atoms with van der Waals surface area (Å²) < 4.78 is 6.22. The molecule has 7 heteroatoms. The summed E-state index contributed by atoms with van der Waals surface area (Å²) in [4.78, 5) is 28.0. The van der Waals surface area contributed by atoms with Gasteiger partial charge in [-0.25, -0.2) is 4.98 Å². The molecule has 0 bridgehead atoms. The number of amides is 1. The van der Waals surface area contributed by atoms with Gasteiger partial charge in [-0.15, -0.1) is 0 Å². The van der Waals surface area contributed by atoms with E-state index in [0.717, 1.165) is 54.2 Å². The third-order valence-electron chi connectivity index (χ3n) is 5.94. The van der Waals surface area contributed by atoms with E-state index >= 15 is 0 Å². The first-order valence-electron chi connectivity index (χ1n) is 10.8. The van der Waals surface area contributed by atoms with Gasteiger partial charge in [-0.05, 0) is 36.6 Å². The maximum atomic E-state index is 12.9. The van der Waals surface area contributed by atoms with E-state index in [1.807, 2.05) is 30.3 Å². The first kappa shape index (κ1) is 19.5. The minimum absolute atomic E-state index is 0.0327. The maximum absolute atomic E-state index is 12.9. The van der Waals surface area contributed by atoms with Crippen LogP contribution >= 0.6 is 0 Å². The smallest absolute Gasteiger partial charge is 0.225 e. The van der Waals surface area contributed by atoms with Gasteiger partial charge in [0.15, 0.2) is 0 Å². The quantitative estimate of drug-likeness (QED) is 0.690. The zero-order valence-electron chi connectivity index (χ0n) is 17.3. The fourth-order valence-corrected chi connectivity index (χ4v) is 4.39. The van der Waals surface area contributed by atoms with Gasteiger partial charge in [0, 0.05) is 43.7 Å². The lowest BCUT2D eigenvalue weighted by Crippen LogP contribution is -2.45. The largest absolute Gasteiger partial charge is 0.487 e.